The second-order valence-electron chi connectivity index (χ2n) is 5.77. The molecule has 1 aromatic carbocycles. The Bertz CT molecular complexity index is 486. The number of carbonyl (C=O) groups excluding carboxylic acids is 1. The molecule has 4 heteroatoms. The van der Waals surface area contributed by atoms with Gasteiger partial charge >= 0.3 is 5.97 Å². The van der Waals surface area contributed by atoms with Gasteiger partial charge in [0.25, 0.3) is 0 Å². The van der Waals surface area contributed by atoms with Crippen molar-refractivity contribution in [2.75, 3.05) is 0 Å². The van der Waals surface area contributed by atoms with Crippen LogP contribution in [0.5, 0.6) is 0 Å². The van der Waals surface area contributed by atoms with Crippen LogP contribution in [0.1, 0.15) is 38.3 Å². The molecule has 1 aliphatic carbocycles. The maximum Gasteiger partial charge on any atom is 0.307 e. The summed E-state index contributed by atoms with van der Waals surface area (Å²) in [4.78, 5) is 23.6. The second-order valence-corrected chi connectivity index (χ2v) is 5.77. The maximum absolute atomic E-state index is 12.3. The van der Waals surface area contributed by atoms with E-state index in [1.54, 1.807) is 0 Å². The molecule has 0 aliphatic heterocycles. The first kappa shape index (κ1) is 14.6. The topological polar surface area (TPSA) is 66.4 Å². The van der Waals surface area contributed by atoms with Crippen LogP contribution in [-0.4, -0.2) is 17.0 Å². The van der Waals surface area contributed by atoms with Gasteiger partial charge in [0, 0.05) is 0 Å². The zero-order chi connectivity index (χ0) is 14.7. The highest BCUT2D eigenvalue weighted by atomic mass is 16.4. The number of aliphatic carboxylic acids is 1. The minimum atomic E-state index is -0.859. The highest BCUT2D eigenvalue weighted by Gasteiger charge is 2.41. The molecule has 4 atom stereocenters. The van der Waals surface area contributed by atoms with Gasteiger partial charge in [-0.2, -0.15) is 0 Å². The number of amides is 1. The quantitative estimate of drug-likeness (QED) is 0.887. The van der Waals surface area contributed by atoms with Crippen LogP contribution in [0.3, 0.4) is 0 Å². The third-order valence-electron chi connectivity index (χ3n) is 4.11. The third-order valence-corrected chi connectivity index (χ3v) is 4.11. The Morgan fingerprint density at radius 1 is 1.20 bits per heavy atom. The number of carboxylic acid groups (broad SMARTS) is 1. The molecule has 2 rings (SSSR count). The molecular formula is C16H21NO3. The van der Waals surface area contributed by atoms with E-state index in [4.69, 9.17) is 0 Å². The number of hydrogen-bond acceptors (Lipinski definition) is 2. The van der Waals surface area contributed by atoms with Gasteiger partial charge in [-0.3, -0.25) is 9.59 Å². The van der Waals surface area contributed by atoms with Crippen LogP contribution in [0.25, 0.3) is 0 Å². The Kier molecular flexibility index (Phi) is 4.42. The van der Waals surface area contributed by atoms with E-state index < -0.39 is 17.8 Å². The Hall–Kier alpha value is -1.84. The molecule has 0 radical (unpaired) electrons. The molecule has 108 valence electrons. The first-order valence-corrected chi connectivity index (χ1v) is 7.07. The van der Waals surface area contributed by atoms with Crippen molar-refractivity contribution in [3.63, 3.8) is 0 Å². The molecule has 1 saturated carbocycles. The molecule has 1 aromatic rings. The fourth-order valence-electron chi connectivity index (χ4n) is 3.00. The number of carbonyl (C=O) groups is 2. The first-order chi connectivity index (χ1) is 9.49. The summed E-state index contributed by atoms with van der Waals surface area (Å²) < 4.78 is 0. The predicted octanol–water partition coefficient (Wildman–Crippen LogP) is 2.61. The van der Waals surface area contributed by atoms with Gasteiger partial charge < -0.3 is 10.4 Å². The minimum absolute atomic E-state index is 0.103. The number of benzene rings is 1. The average Bonchev–Trinajstić information content (AvgIpc) is 2.82. The van der Waals surface area contributed by atoms with Crippen LogP contribution in [0, 0.1) is 17.8 Å². The summed E-state index contributed by atoms with van der Waals surface area (Å²) in [6, 6.07) is 9.59. The number of hydrogen-bond donors (Lipinski definition) is 2. The van der Waals surface area contributed by atoms with Gasteiger partial charge in [0.1, 0.15) is 0 Å². The molecule has 1 aliphatic rings. The van der Waals surface area contributed by atoms with Gasteiger partial charge in [-0.25, -0.2) is 0 Å². The van der Waals surface area contributed by atoms with Crippen LogP contribution < -0.4 is 5.32 Å². The van der Waals surface area contributed by atoms with E-state index in [1.807, 2.05) is 44.2 Å². The lowest BCUT2D eigenvalue weighted by molar-refractivity contribution is -0.146. The van der Waals surface area contributed by atoms with E-state index in [0.717, 1.165) is 5.56 Å². The van der Waals surface area contributed by atoms with Crippen LogP contribution in [0.15, 0.2) is 30.3 Å². The third kappa shape index (κ3) is 3.18. The summed E-state index contributed by atoms with van der Waals surface area (Å²) in [6.07, 6.45) is 1.25. The summed E-state index contributed by atoms with van der Waals surface area (Å²) in [6.45, 7) is 3.92. The zero-order valence-electron chi connectivity index (χ0n) is 11.9. The summed E-state index contributed by atoms with van der Waals surface area (Å²) in [5, 5.41) is 12.2. The molecule has 2 N–H and O–H groups in total. The van der Waals surface area contributed by atoms with Crippen molar-refractivity contribution in [3.05, 3.63) is 35.9 Å². The van der Waals surface area contributed by atoms with Crippen molar-refractivity contribution in [2.45, 2.75) is 32.7 Å². The van der Waals surface area contributed by atoms with Gasteiger partial charge in [-0.15, -0.1) is 0 Å². The largest absolute Gasteiger partial charge is 0.481 e. The van der Waals surface area contributed by atoms with E-state index in [1.165, 1.54) is 0 Å². The number of carboxylic acids is 1. The molecule has 1 amide bonds. The smallest absolute Gasteiger partial charge is 0.307 e. The van der Waals surface area contributed by atoms with E-state index in [-0.39, 0.29) is 11.9 Å². The normalized spacial score (nSPS) is 27.0. The molecule has 0 heterocycles. The Morgan fingerprint density at radius 3 is 2.40 bits per heavy atom. The average molecular weight is 275 g/mol. The van der Waals surface area contributed by atoms with Crippen LogP contribution in [-0.2, 0) is 9.59 Å². The molecule has 20 heavy (non-hydrogen) atoms. The van der Waals surface area contributed by atoms with Crippen molar-refractivity contribution in [2.24, 2.45) is 17.8 Å². The maximum atomic E-state index is 12.3. The minimum Gasteiger partial charge on any atom is -0.481 e. The van der Waals surface area contributed by atoms with E-state index >= 15 is 0 Å². The summed E-state index contributed by atoms with van der Waals surface area (Å²) in [5.74, 6) is -1.67. The number of rotatable bonds is 4. The molecule has 2 unspecified atom stereocenters. The SMILES string of the molecule is CC1C[C@H](C(=O)NC(C)c2ccccc2)[C@H](C(=O)O)C1. The van der Waals surface area contributed by atoms with Gasteiger partial charge in [-0.1, -0.05) is 37.3 Å². The lowest BCUT2D eigenvalue weighted by atomic mass is 9.94. The van der Waals surface area contributed by atoms with Gasteiger partial charge in [0.15, 0.2) is 0 Å². The molecule has 0 aromatic heterocycles. The van der Waals surface area contributed by atoms with E-state index in [9.17, 15) is 14.7 Å². The highest BCUT2D eigenvalue weighted by Crippen LogP contribution is 2.36. The fraction of sp³-hybridized carbons (Fsp3) is 0.500. The Labute approximate surface area is 119 Å². The number of nitrogens with one attached hydrogen (secondary N) is 1. The van der Waals surface area contributed by atoms with Gasteiger partial charge in [0.05, 0.1) is 17.9 Å². The molecular weight excluding hydrogens is 254 g/mol. The predicted molar refractivity (Wildman–Crippen MR) is 76.0 cm³/mol. The van der Waals surface area contributed by atoms with Crippen molar-refractivity contribution in [1.82, 2.24) is 5.32 Å². The first-order valence-electron chi connectivity index (χ1n) is 7.07. The summed E-state index contributed by atoms with van der Waals surface area (Å²) in [5.41, 5.74) is 1.03. The van der Waals surface area contributed by atoms with Crippen LogP contribution in [0.4, 0.5) is 0 Å². The Morgan fingerprint density at radius 2 is 1.80 bits per heavy atom. The fourth-order valence-corrected chi connectivity index (χ4v) is 3.00. The molecule has 0 bridgehead atoms. The van der Waals surface area contributed by atoms with Crippen molar-refractivity contribution < 1.29 is 14.7 Å². The lowest BCUT2D eigenvalue weighted by Gasteiger charge is -2.20. The van der Waals surface area contributed by atoms with Crippen LogP contribution in [0.2, 0.25) is 0 Å². The van der Waals surface area contributed by atoms with Gasteiger partial charge in [0.2, 0.25) is 5.91 Å². The van der Waals surface area contributed by atoms with Crippen molar-refractivity contribution >= 4 is 11.9 Å². The van der Waals surface area contributed by atoms with Gasteiger partial charge in [-0.05, 0) is 31.2 Å². The standard InChI is InChI=1S/C16H21NO3/c1-10-8-13(14(9-10)16(19)20)15(18)17-11(2)12-6-4-3-5-7-12/h3-7,10-11,13-14H,8-9H2,1-2H3,(H,17,18)(H,19,20)/t10?,11?,13-,14+/m0/s1. The van der Waals surface area contributed by atoms with Crippen molar-refractivity contribution in [3.8, 4) is 0 Å². The van der Waals surface area contributed by atoms with E-state index in [0.29, 0.717) is 18.8 Å². The zero-order valence-corrected chi connectivity index (χ0v) is 11.9. The lowest BCUT2D eigenvalue weighted by Crippen LogP contribution is -2.36. The van der Waals surface area contributed by atoms with E-state index in [2.05, 4.69) is 5.32 Å². The summed E-state index contributed by atoms with van der Waals surface area (Å²) in [7, 11) is 0. The molecule has 0 saturated heterocycles. The summed E-state index contributed by atoms with van der Waals surface area (Å²) >= 11 is 0. The molecule has 1 fully saturated rings. The molecule has 4 nitrogen and oxygen atoms in total. The van der Waals surface area contributed by atoms with Crippen molar-refractivity contribution in [1.29, 1.82) is 0 Å². The van der Waals surface area contributed by atoms with Crippen LogP contribution >= 0.6 is 0 Å². The highest BCUT2D eigenvalue weighted by molar-refractivity contribution is 5.85. The second kappa shape index (κ2) is 6.07. The monoisotopic (exact) mass is 275 g/mol. The Balaban J connectivity index is 2.02. The molecule has 0 spiro atoms.